The van der Waals surface area contributed by atoms with Crippen molar-refractivity contribution in [2.24, 2.45) is 0 Å². The molecule has 28 heavy (non-hydrogen) atoms. The minimum atomic E-state index is 0.104. The predicted octanol–water partition coefficient (Wildman–Crippen LogP) is 3.52. The molecule has 0 spiro atoms. The zero-order chi connectivity index (χ0) is 19.5. The van der Waals surface area contributed by atoms with Crippen LogP contribution >= 0.6 is 0 Å². The van der Waals surface area contributed by atoms with E-state index in [1.54, 1.807) is 0 Å². The number of aromatic amines is 1. The maximum absolute atomic E-state index is 13.1. The number of aryl methyl sites for hydroxylation is 1. The number of fused-ring (bicyclic) bond motifs is 1. The highest BCUT2D eigenvalue weighted by Gasteiger charge is 2.25. The quantitative estimate of drug-likeness (QED) is 0.714. The fourth-order valence-corrected chi connectivity index (χ4v) is 3.83. The number of benzene rings is 1. The topological polar surface area (TPSA) is 64.3 Å². The fourth-order valence-electron chi connectivity index (χ4n) is 3.83. The van der Waals surface area contributed by atoms with E-state index in [9.17, 15) is 4.79 Å². The zero-order valence-electron chi connectivity index (χ0n) is 16.5. The molecule has 146 valence electrons. The summed E-state index contributed by atoms with van der Waals surface area (Å²) in [6, 6.07) is 10.3. The van der Waals surface area contributed by atoms with Crippen LogP contribution in [0.1, 0.15) is 29.8 Å². The van der Waals surface area contributed by atoms with Gasteiger partial charge < -0.3 is 20.1 Å². The first kappa shape index (κ1) is 18.3. The molecule has 1 amide bonds. The number of pyridine rings is 1. The van der Waals surface area contributed by atoms with Crippen molar-refractivity contribution in [1.29, 1.82) is 0 Å². The van der Waals surface area contributed by atoms with Gasteiger partial charge in [0.1, 0.15) is 0 Å². The van der Waals surface area contributed by atoms with Gasteiger partial charge in [0, 0.05) is 56.0 Å². The summed E-state index contributed by atoms with van der Waals surface area (Å²) in [7, 11) is 0. The molecule has 0 unspecified atom stereocenters. The number of nitrogens with one attached hydrogen (secondary N) is 2. The van der Waals surface area contributed by atoms with Gasteiger partial charge in [0.15, 0.2) is 5.82 Å². The molecule has 6 heteroatoms. The van der Waals surface area contributed by atoms with E-state index in [-0.39, 0.29) is 5.91 Å². The van der Waals surface area contributed by atoms with Crippen molar-refractivity contribution < 1.29 is 4.79 Å². The molecule has 3 heterocycles. The molecule has 2 aromatic heterocycles. The van der Waals surface area contributed by atoms with E-state index in [0.29, 0.717) is 13.1 Å². The summed E-state index contributed by atoms with van der Waals surface area (Å²) in [5.41, 5.74) is 4.08. The molecule has 0 saturated carbocycles. The van der Waals surface area contributed by atoms with Gasteiger partial charge in [-0.2, -0.15) is 0 Å². The second kappa shape index (κ2) is 7.92. The second-order valence-electron chi connectivity index (χ2n) is 7.12. The molecular formula is C22H27N5O. The molecular weight excluding hydrogens is 350 g/mol. The molecule has 0 aliphatic carbocycles. The van der Waals surface area contributed by atoms with E-state index in [1.165, 1.54) is 5.56 Å². The number of aromatic nitrogens is 2. The Morgan fingerprint density at radius 1 is 1.18 bits per heavy atom. The Morgan fingerprint density at radius 3 is 2.75 bits per heavy atom. The van der Waals surface area contributed by atoms with Crippen LogP contribution in [0.15, 0.2) is 42.7 Å². The molecule has 1 aliphatic rings. The summed E-state index contributed by atoms with van der Waals surface area (Å²) in [5.74, 6) is 1.07. The van der Waals surface area contributed by atoms with Crippen LogP contribution in [0, 0.1) is 0 Å². The molecule has 6 nitrogen and oxygen atoms in total. The van der Waals surface area contributed by atoms with Crippen molar-refractivity contribution in [3.05, 3.63) is 53.9 Å². The highest BCUT2D eigenvalue weighted by atomic mass is 16.2. The first-order valence-electron chi connectivity index (χ1n) is 10.0. The molecule has 1 saturated heterocycles. The molecule has 4 rings (SSSR count). The SMILES string of the molecule is CCNc1cccnc1N1CCN(C(=O)c2c[nH]c3ccc(CC)cc23)CC1. The van der Waals surface area contributed by atoms with Crippen LogP contribution < -0.4 is 10.2 Å². The van der Waals surface area contributed by atoms with Crippen molar-refractivity contribution in [2.45, 2.75) is 20.3 Å². The number of carbonyl (C=O) groups is 1. The first-order chi connectivity index (χ1) is 13.7. The summed E-state index contributed by atoms with van der Waals surface area (Å²) in [4.78, 5) is 25.1. The summed E-state index contributed by atoms with van der Waals surface area (Å²) in [5, 5.41) is 4.39. The van der Waals surface area contributed by atoms with Gasteiger partial charge in [0.2, 0.25) is 0 Å². The number of H-pyrrole nitrogens is 1. The van der Waals surface area contributed by atoms with Crippen LogP contribution in [-0.4, -0.2) is 53.5 Å². The Kier molecular flexibility index (Phi) is 5.19. The Hall–Kier alpha value is -3.02. The number of rotatable bonds is 5. The molecule has 0 bridgehead atoms. The predicted molar refractivity (Wildman–Crippen MR) is 114 cm³/mol. The number of amides is 1. The Morgan fingerprint density at radius 2 is 2.00 bits per heavy atom. The van der Waals surface area contributed by atoms with Crippen LogP contribution in [0.2, 0.25) is 0 Å². The lowest BCUT2D eigenvalue weighted by Gasteiger charge is -2.36. The second-order valence-corrected chi connectivity index (χ2v) is 7.12. The third-order valence-corrected chi connectivity index (χ3v) is 5.41. The summed E-state index contributed by atoms with van der Waals surface area (Å²) in [6.07, 6.45) is 4.64. The van der Waals surface area contributed by atoms with E-state index in [0.717, 1.165) is 54.0 Å². The summed E-state index contributed by atoms with van der Waals surface area (Å²) in [6.45, 7) is 8.03. The van der Waals surface area contributed by atoms with E-state index < -0.39 is 0 Å². The van der Waals surface area contributed by atoms with Gasteiger partial charge in [0.05, 0.1) is 11.3 Å². The molecule has 0 radical (unpaired) electrons. The number of piperazine rings is 1. The normalized spacial score (nSPS) is 14.5. The van der Waals surface area contributed by atoms with E-state index in [1.807, 2.05) is 23.4 Å². The lowest BCUT2D eigenvalue weighted by Crippen LogP contribution is -2.49. The minimum absolute atomic E-state index is 0.104. The minimum Gasteiger partial charge on any atom is -0.382 e. The van der Waals surface area contributed by atoms with Crippen LogP contribution in [0.5, 0.6) is 0 Å². The third-order valence-electron chi connectivity index (χ3n) is 5.41. The number of hydrogen-bond donors (Lipinski definition) is 2. The van der Waals surface area contributed by atoms with Gasteiger partial charge >= 0.3 is 0 Å². The lowest BCUT2D eigenvalue weighted by atomic mass is 10.1. The highest BCUT2D eigenvalue weighted by Crippen LogP contribution is 2.25. The van der Waals surface area contributed by atoms with Crippen molar-refractivity contribution in [3.63, 3.8) is 0 Å². The van der Waals surface area contributed by atoms with Crippen LogP contribution in [0.25, 0.3) is 10.9 Å². The lowest BCUT2D eigenvalue weighted by molar-refractivity contribution is 0.0748. The van der Waals surface area contributed by atoms with Gasteiger partial charge in [-0.15, -0.1) is 0 Å². The molecule has 2 N–H and O–H groups in total. The number of anilines is 2. The average molecular weight is 377 g/mol. The molecule has 1 fully saturated rings. The zero-order valence-corrected chi connectivity index (χ0v) is 16.5. The maximum Gasteiger partial charge on any atom is 0.256 e. The van der Waals surface area contributed by atoms with E-state index in [4.69, 9.17) is 0 Å². The van der Waals surface area contributed by atoms with Crippen molar-refractivity contribution in [3.8, 4) is 0 Å². The number of carbonyl (C=O) groups excluding carboxylic acids is 1. The molecule has 0 atom stereocenters. The third kappa shape index (κ3) is 3.42. The van der Waals surface area contributed by atoms with Gasteiger partial charge in [-0.3, -0.25) is 4.79 Å². The van der Waals surface area contributed by atoms with Gasteiger partial charge in [-0.05, 0) is 43.2 Å². The van der Waals surface area contributed by atoms with Crippen LogP contribution in [0.4, 0.5) is 11.5 Å². The van der Waals surface area contributed by atoms with Gasteiger partial charge in [0.25, 0.3) is 5.91 Å². The van der Waals surface area contributed by atoms with Gasteiger partial charge in [-0.25, -0.2) is 4.98 Å². The number of nitrogens with zero attached hydrogens (tertiary/aromatic N) is 3. The van der Waals surface area contributed by atoms with E-state index >= 15 is 0 Å². The first-order valence-corrected chi connectivity index (χ1v) is 10.0. The Balaban J connectivity index is 1.49. The summed E-state index contributed by atoms with van der Waals surface area (Å²) < 4.78 is 0. The highest BCUT2D eigenvalue weighted by molar-refractivity contribution is 6.07. The largest absolute Gasteiger partial charge is 0.382 e. The molecule has 3 aromatic rings. The van der Waals surface area contributed by atoms with Gasteiger partial charge in [-0.1, -0.05) is 13.0 Å². The Labute approximate surface area is 165 Å². The number of hydrogen-bond acceptors (Lipinski definition) is 4. The van der Waals surface area contributed by atoms with Crippen LogP contribution in [-0.2, 0) is 6.42 Å². The van der Waals surface area contributed by atoms with Crippen molar-refractivity contribution >= 4 is 28.3 Å². The molecule has 1 aliphatic heterocycles. The standard InChI is InChI=1S/C22H27N5O/c1-3-16-7-8-19-17(14-16)18(15-25-19)22(28)27-12-10-26(11-13-27)21-20(23-4-2)6-5-9-24-21/h5-9,14-15,23,25H,3-4,10-13H2,1-2H3. The molecule has 1 aromatic carbocycles. The Bertz CT molecular complexity index is 972. The summed E-state index contributed by atoms with van der Waals surface area (Å²) >= 11 is 0. The average Bonchev–Trinajstić information content (AvgIpc) is 3.17. The smallest absolute Gasteiger partial charge is 0.256 e. The van der Waals surface area contributed by atoms with Crippen molar-refractivity contribution in [1.82, 2.24) is 14.9 Å². The van der Waals surface area contributed by atoms with Crippen molar-refractivity contribution in [2.75, 3.05) is 42.9 Å². The maximum atomic E-state index is 13.1. The van der Waals surface area contributed by atoms with Crippen LogP contribution in [0.3, 0.4) is 0 Å². The monoisotopic (exact) mass is 377 g/mol. The van der Waals surface area contributed by atoms with E-state index in [2.05, 4.69) is 58.3 Å². The fraction of sp³-hybridized carbons (Fsp3) is 0.364.